The Hall–Kier alpha value is -0.860. The largest absolute Gasteiger partial charge is 0.311 e. The van der Waals surface area contributed by atoms with E-state index in [1.165, 1.54) is 42.4 Å². The lowest BCUT2D eigenvalue weighted by molar-refractivity contribution is 0.108. The second-order valence-corrected chi connectivity index (χ2v) is 6.22. The Morgan fingerprint density at radius 2 is 1.79 bits per heavy atom. The van der Waals surface area contributed by atoms with Gasteiger partial charge in [0.05, 0.1) is 6.04 Å². The van der Waals surface area contributed by atoms with Crippen molar-refractivity contribution in [2.75, 3.05) is 21.1 Å². The van der Waals surface area contributed by atoms with E-state index in [0.717, 1.165) is 0 Å². The van der Waals surface area contributed by atoms with Gasteiger partial charge in [0.1, 0.15) is 0 Å². The predicted molar refractivity (Wildman–Crippen MR) is 82.6 cm³/mol. The van der Waals surface area contributed by atoms with E-state index < -0.39 is 0 Å². The van der Waals surface area contributed by atoms with Crippen LogP contribution in [0.3, 0.4) is 0 Å². The normalized spacial score (nSPS) is 19.9. The van der Waals surface area contributed by atoms with Crippen molar-refractivity contribution in [3.63, 3.8) is 0 Å². The first-order valence-electron chi connectivity index (χ1n) is 7.44. The topological polar surface area (TPSA) is 15.3 Å². The molecule has 2 nitrogen and oxygen atoms in total. The highest BCUT2D eigenvalue weighted by molar-refractivity contribution is 5.37. The van der Waals surface area contributed by atoms with Gasteiger partial charge in [0.25, 0.3) is 0 Å². The van der Waals surface area contributed by atoms with E-state index in [0.29, 0.717) is 6.04 Å². The zero-order valence-corrected chi connectivity index (χ0v) is 13.1. The van der Waals surface area contributed by atoms with Crippen LogP contribution in [0.5, 0.6) is 0 Å². The van der Waals surface area contributed by atoms with Crippen LogP contribution in [0.2, 0.25) is 0 Å². The number of nitrogens with one attached hydrogen (secondary N) is 1. The monoisotopic (exact) mass is 260 g/mol. The van der Waals surface area contributed by atoms with Gasteiger partial charge in [-0.05, 0) is 64.5 Å². The molecule has 0 radical (unpaired) electrons. The Labute approximate surface area is 118 Å². The van der Waals surface area contributed by atoms with Crippen LogP contribution in [0.15, 0.2) is 18.2 Å². The van der Waals surface area contributed by atoms with Crippen molar-refractivity contribution in [3.8, 4) is 0 Å². The Bertz CT molecular complexity index is 431. The van der Waals surface area contributed by atoms with E-state index in [-0.39, 0.29) is 5.54 Å². The minimum atomic E-state index is 0.271. The average Bonchev–Trinajstić information content (AvgIpc) is 2.86. The number of likely N-dealkylation sites (N-methyl/N-ethyl adjacent to an activating group) is 2. The average molecular weight is 260 g/mol. The zero-order valence-electron chi connectivity index (χ0n) is 13.1. The van der Waals surface area contributed by atoms with Gasteiger partial charge in [0.2, 0.25) is 0 Å². The Kier molecular flexibility index (Phi) is 4.32. The lowest BCUT2D eigenvalue weighted by Gasteiger charge is -2.44. The highest BCUT2D eigenvalue weighted by atomic mass is 15.2. The van der Waals surface area contributed by atoms with Crippen LogP contribution in [0, 0.1) is 13.8 Å². The van der Waals surface area contributed by atoms with Gasteiger partial charge < -0.3 is 10.2 Å². The maximum Gasteiger partial charge on any atom is 0.0507 e. The lowest BCUT2D eigenvalue weighted by Crippen LogP contribution is -2.51. The molecular formula is C17H28N2. The molecule has 1 aliphatic rings. The number of hydrogen-bond acceptors (Lipinski definition) is 2. The summed E-state index contributed by atoms with van der Waals surface area (Å²) in [6.07, 6.45) is 5.28. The molecule has 1 saturated carbocycles. The molecule has 1 aromatic carbocycles. The maximum absolute atomic E-state index is 3.61. The van der Waals surface area contributed by atoms with Crippen molar-refractivity contribution >= 4 is 0 Å². The van der Waals surface area contributed by atoms with Crippen molar-refractivity contribution in [3.05, 3.63) is 34.9 Å². The second kappa shape index (κ2) is 5.64. The molecule has 2 heteroatoms. The minimum Gasteiger partial charge on any atom is -0.311 e. The van der Waals surface area contributed by atoms with Crippen molar-refractivity contribution in [1.82, 2.24) is 10.2 Å². The molecule has 106 valence electrons. The zero-order chi connectivity index (χ0) is 14.0. The SMILES string of the molecule is CNC(c1cccc(C)c1C)C1(N(C)C)CCCC1. The summed E-state index contributed by atoms with van der Waals surface area (Å²) in [5, 5.41) is 3.61. The van der Waals surface area contributed by atoms with Gasteiger partial charge in [0, 0.05) is 5.54 Å². The van der Waals surface area contributed by atoms with Crippen LogP contribution in [0.1, 0.15) is 48.4 Å². The van der Waals surface area contributed by atoms with E-state index >= 15 is 0 Å². The smallest absolute Gasteiger partial charge is 0.0507 e. The van der Waals surface area contributed by atoms with Crippen molar-refractivity contribution in [2.45, 2.75) is 51.1 Å². The summed E-state index contributed by atoms with van der Waals surface area (Å²) in [6.45, 7) is 4.47. The summed E-state index contributed by atoms with van der Waals surface area (Å²) >= 11 is 0. The van der Waals surface area contributed by atoms with Gasteiger partial charge in [-0.1, -0.05) is 31.0 Å². The summed E-state index contributed by atoms with van der Waals surface area (Å²) < 4.78 is 0. The number of aryl methyl sites for hydroxylation is 1. The van der Waals surface area contributed by atoms with E-state index in [2.05, 4.69) is 63.4 Å². The fourth-order valence-electron chi connectivity index (χ4n) is 3.78. The molecule has 1 unspecified atom stereocenters. The molecule has 1 atom stereocenters. The van der Waals surface area contributed by atoms with E-state index in [1.54, 1.807) is 0 Å². The Morgan fingerprint density at radius 3 is 2.32 bits per heavy atom. The number of rotatable bonds is 4. The summed E-state index contributed by atoms with van der Waals surface area (Å²) in [5.41, 5.74) is 4.57. The molecule has 0 aliphatic heterocycles. The van der Waals surface area contributed by atoms with Gasteiger partial charge >= 0.3 is 0 Å². The van der Waals surface area contributed by atoms with Crippen molar-refractivity contribution in [1.29, 1.82) is 0 Å². The van der Waals surface area contributed by atoms with Crippen LogP contribution < -0.4 is 5.32 Å². The molecule has 19 heavy (non-hydrogen) atoms. The molecule has 0 spiro atoms. The first-order chi connectivity index (χ1) is 9.03. The number of hydrogen-bond donors (Lipinski definition) is 1. The third-order valence-corrected chi connectivity index (χ3v) is 5.14. The fraction of sp³-hybridized carbons (Fsp3) is 0.647. The van der Waals surface area contributed by atoms with Crippen LogP contribution in [-0.4, -0.2) is 31.6 Å². The summed E-state index contributed by atoms with van der Waals surface area (Å²) in [6, 6.07) is 7.13. The molecule has 0 bridgehead atoms. The maximum atomic E-state index is 3.61. The number of nitrogens with zero attached hydrogens (tertiary/aromatic N) is 1. The summed E-state index contributed by atoms with van der Waals surface area (Å²) in [4.78, 5) is 2.45. The van der Waals surface area contributed by atoms with E-state index in [9.17, 15) is 0 Å². The highest BCUT2D eigenvalue weighted by Crippen LogP contribution is 2.44. The molecule has 1 N–H and O–H groups in total. The lowest BCUT2D eigenvalue weighted by atomic mass is 9.80. The van der Waals surface area contributed by atoms with Crippen molar-refractivity contribution < 1.29 is 0 Å². The van der Waals surface area contributed by atoms with Crippen molar-refractivity contribution in [2.24, 2.45) is 0 Å². The van der Waals surface area contributed by atoms with Gasteiger partial charge in [-0.3, -0.25) is 0 Å². The van der Waals surface area contributed by atoms with Gasteiger partial charge in [-0.25, -0.2) is 0 Å². The van der Waals surface area contributed by atoms with Gasteiger partial charge in [-0.2, -0.15) is 0 Å². The van der Waals surface area contributed by atoms with Crippen LogP contribution >= 0.6 is 0 Å². The van der Waals surface area contributed by atoms with E-state index in [4.69, 9.17) is 0 Å². The molecule has 1 aliphatic carbocycles. The van der Waals surface area contributed by atoms with Gasteiger partial charge in [-0.15, -0.1) is 0 Å². The summed E-state index contributed by atoms with van der Waals surface area (Å²) in [5.74, 6) is 0. The quantitative estimate of drug-likeness (QED) is 0.892. The minimum absolute atomic E-state index is 0.271. The van der Waals surface area contributed by atoms with Crippen LogP contribution in [-0.2, 0) is 0 Å². The third kappa shape index (κ3) is 2.44. The molecule has 1 aromatic rings. The third-order valence-electron chi connectivity index (χ3n) is 5.14. The van der Waals surface area contributed by atoms with Crippen LogP contribution in [0.4, 0.5) is 0 Å². The van der Waals surface area contributed by atoms with E-state index in [1.807, 2.05) is 0 Å². The molecule has 0 aromatic heterocycles. The second-order valence-electron chi connectivity index (χ2n) is 6.22. The molecule has 2 rings (SSSR count). The van der Waals surface area contributed by atoms with Gasteiger partial charge in [0.15, 0.2) is 0 Å². The fourth-order valence-corrected chi connectivity index (χ4v) is 3.78. The Balaban J connectivity index is 2.46. The molecular weight excluding hydrogens is 232 g/mol. The Morgan fingerprint density at radius 1 is 1.16 bits per heavy atom. The molecule has 0 amide bonds. The predicted octanol–water partition coefficient (Wildman–Crippen LogP) is 3.44. The molecule has 1 fully saturated rings. The number of benzene rings is 1. The highest BCUT2D eigenvalue weighted by Gasteiger charge is 2.43. The standard InChI is InChI=1S/C17H28N2/c1-13-9-8-10-15(14(13)2)16(18-3)17(19(4)5)11-6-7-12-17/h8-10,16,18H,6-7,11-12H2,1-5H3. The molecule has 0 saturated heterocycles. The first-order valence-corrected chi connectivity index (χ1v) is 7.44. The first kappa shape index (κ1) is 14.5. The molecule has 0 heterocycles. The van der Waals surface area contributed by atoms with Crippen LogP contribution in [0.25, 0.3) is 0 Å². The summed E-state index contributed by atoms with van der Waals surface area (Å²) in [7, 11) is 6.58.